The molecule has 2 aromatic rings. The van der Waals surface area contributed by atoms with Gasteiger partial charge in [0.1, 0.15) is 5.69 Å². The Morgan fingerprint density at radius 2 is 1.64 bits per heavy atom. The van der Waals surface area contributed by atoms with Gasteiger partial charge in [-0.15, -0.1) is 11.8 Å². The minimum Gasteiger partial charge on any atom is -0.326 e. The first-order valence-corrected chi connectivity index (χ1v) is 9.46. The quantitative estimate of drug-likeness (QED) is 0.359. The molecule has 9 heteroatoms. The lowest BCUT2D eigenvalue weighted by Crippen LogP contribution is -2.17. The number of benzene rings is 2. The summed E-state index contributed by atoms with van der Waals surface area (Å²) in [5, 5.41) is 4.58. The van der Waals surface area contributed by atoms with Gasteiger partial charge >= 0.3 is 0 Å². The Labute approximate surface area is 163 Å². The van der Waals surface area contributed by atoms with E-state index in [1.807, 2.05) is 12.2 Å². The number of carbonyl (C=O) groups is 2. The molecule has 0 aliphatic rings. The highest BCUT2D eigenvalue weighted by Crippen LogP contribution is 2.26. The maximum absolute atomic E-state index is 13.6. The Hall–Kier alpha value is -2.55. The molecule has 2 amide bonds. The number of anilines is 2. The van der Waals surface area contributed by atoms with Crippen molar-refractivity contribution in [2.24, 2.45) is 0 Å². The number of halogens is 4. The third-order valence-electron chi connectivity index (χ3n) is 3.62. The van der Waals surface area contributed by atoms with E-state index in [1.54, 1.807) is 24.3 Å². The van der Waals surface area contributed by atoms with Gasteiger partial charge in [0.2, 0.25) is 11.8 Å². The maximum Gasteiger partial charge on any atom is 0.234 e. The van der Waals surface area contributed by atoms with E-state index in [2.05, 4.69) is 5.32 Å². The third kappa shape index (κ3) is 5.98. The SMILES string of the molecule is CCCCC(=O)Nc1cccc(SCC(=O)Nc2c(F)c(F)cc(F)c2F)c1. The average Bonchev–Trinajstić information content (AvgIpc) is 2.67. The molecule has 0 atom stereocenters. The Morgan fingerprint density at radius 1 is 0.964 bits per heavy atom. The van der Waals surface area contributed by atoms with Crippen LogP contribution in [-0.2, 0) is 9.59 Å². The normalized spacial score (nSPS) is 10.6. The average molecular weight is 414 g/mol. The van der Waals surface area contributed by atoms with Crippen molar-refractivity contribution in [3.63, 3.8) is 0 Å². The number of nitrogens with one attached hydrogen (secondary N) is 2. The first-order chi connectivity index (χ1) is 13.3. The predicted molar refractivity (Wildman–Crippen MR) is 100 cm³/mol. The summed E-state index contributed by atoms with van der Waals surface area (Å²) in [5.41, 5.74) is -0.615. The summed E-state index contributed by atoms with van der Waals surface area (Å²) in [4.78, 5) is 24.3. The minimum atomic E-state index is -1.67. The Kier molecular flexibility index (Phi) is 7.86. The molecule has 2 rings (SSSR count). The van der Waals surface area contributed by atoms with E-state index in [1.165, 1.54) is 0 Å². The number of carbonyl (C=O) groups excluding carboxylic acids is 2. The van der Waals surface area contributed by atoms with Crippen LogP contribution in [0.2, 0.25) is 0 Å². The van der Waals surface area contributed by atoms with E-state index >= 15 is 0 Å². The second-order valence-corrected chi connectivity index (χ2v) is 6.91. The summed E-state index contributed by atoms with van der Waals surface area (Å²) in [7, 11) is 0. The van der Waals surface area contributed by atoms with Gasteiger partial charge in [-0.25, -0.2) is 17.6 Å². The lowest BCUT2D eigenvalue weighted by atomic mass is 10.2. The van der Waals surface area contributed by atoms with Crippen molar-refractivity contribution in [1.82, 2.24) is 0 Å². The zero-order chi connectivity index (χ0) is 20.7. The van der Waals surface area contributed by atoms with E-state index in [4.69, 9.17) is 0 Å². The van der Waals surface area contributed by atoms with Crippen molar-refractivity contribution in [2.45, 2.75) is 31.1 Å². The molecule has 0 aliphatic carbocycles. The molecule has 0 radical (unpaired) electrons. The summed E-state index contributed by atoms with van der Waals surface area (Å²) in [6, 6.07) is 6.76. The summed E-state index contributed by atoms with van der Waals surface area (Å²) >= 11 is 1.03. The topological polar surface area (TPSA) is 58.2 Å². The third-order valence-corrected chi connectivity index (χ3v) is 4.62. The van der Waals surface area contributed by atoms with Crippen molar-refractivity contribution in [2.75, 3.05) is 16.4 Å². The van der Waals surface area contributed by atoms with Gasteiger partial charge in [0.05, 0.1) is 5.75 Å². The molecule has 4 nitrogen and oxygen atoms in total. The largest absolute Gasteiger partial charge is 0.326 e. The van der Waals surface area contributed by atoms with Crippen LogP contribution in [0.3, 0.4) is 0 Å². The van der Waals surface area contributed by atoms with E-state index in [0.717, 1.165) is 24.6 Å². The van der Waals surface area contributed by atoms with Crippen LogP contribution in [0.15, 0.2) is 35.2 Å². The van der Waals surface area contributed by atoms with Crippen LogP contribution in [0.25, 0.3) is 0 Å². The van der Waals surface area contributed by atoms with Crippen molar-refractivity contribution < 1.29 is 27.2 Å². The Morgan fingerprint density at radius 3 is 2.29 bits per heavy atom. The standard InChI is InChI=1S/C19H18F4N2O2S/c1-2-3-7-15(26)24-11-5-4-6-12(8-11)28-10-16(27)25-19-17(22)13(20)9-14(21)18(19)23/h4-6,8-9H,2-3,7,10H2,1H3,(H,24,26)(H,25,27). The molecule has 2 aromatic carbocycles. The molecule has 0 heterocycles. The molecule has 0 saturated heterocycles. The highest BCUT2D eigenvalue weighted by atomic mass is 32.2. The predicted octanol–water partition coefficient (Wildman–Crippen LogP) is 5.10. The number of hydrogen-bond acceptors (Lipinski definition) is 3. The fourth-order valence-electron chi connectivity index (χ4n) is 2.23. The first kappa shape index (κ1) is 21.7. The Balaban J connectivity index is 1.97. The van der Waals surface area contributed by atoms with Crippen molar-refractivity contribution in [1.29, 1.82) is 0 Å². The van der Waals surface area contributed by atoms with E-state index in [-0.39, 0.29) is 17.7 Å². The van der Waals surface area contributed by atoms with Crippen LogP contribution < -0.4 is 10.6 Å². The molecule has 0 aromatic heterocycles. The zero-order valence-electron chi connectivity index (χ0n) is 15.0. The summed E-state index contributed by atoms with van der Waals surface area (Å²) in [6.45, 7) is 1.98. The van der Waals surface area contributed by atoms with Gasteiger partial charge in [-0.3, -0.25) is 9.59 Å². The monoisotopic (exact) mass is 414 g/mol. The van der Waals surface area contributed by atoms with Gasteiger partial charge in [0, 0.05) is 23.1 Å². The van der Waals surface area contributed by atoms with Gasteiger partial charge in [-0.05, 0) is 24.6 Å². The lowest BCUT2D eigenvalue weighted by Gasteiger charge is -2.10. The second kappa shape index (κ2) is 10.1. The Bertz CT molecular complexity index is 851. The minimum absolute atomic E-state index is 0.0649. The summed E-state index contributed by atoms with van der Waals surface area (Å²) in [6.07, 6.45) is 2.07. The lowest BCUT2D eigenvalue weighted by molar-refractivity contribution is -0.116. The van der Waals surface area contributed by atoms with Crippen molar-refractivity contribution in [3.05, 3.63) is 53.6 Å². The highest BCUT2D eigenvalue weighted by Gasteiger charge is 2.20. The fraction of sp³-hybridized carbons (Fsp3) is 0.263. The molecule has 150 valence electrons. The fourth-order valence-corrected chi connectivity index (χ4v) is 2.99. The molecular weight excluding hydrogens is 396 g/mol. The number of unbranched alkanes of at least 4 members (excludes halogenated alkanes) is 1. The second-order valence-electron chi connectivity index (χ2n) is 5.86. The van der Waals surface area contributed by atoms with Gasteiger partial charge in [-0.2, -0.15) is 0 Å². The summed E-state index contributed by atoms with van der Waals surface area (Å²) < 4.78 is 53.5. The zero-order valence-corrected chi connectivity index (χ0v) is 15.8. The van der Waals surface area contributed by atoms with Crippen LogP contribution in [0.5, 0.6) is 0 Å². The van der Waals surface area contributed by atoms with Gasteiger partial charge in [-0.1, -0.05) is 19.4 Å². The number of thioether (sulfide) groups is 1. The highest BCUT2D eigenvalue weighted by molar-refractivity contribution is 8.00. The molecule has 0 bridgehead atoms. The van der Waals surface area contributed by atoms with Gasteiger partial charge in [0.15, 0.2) is 23.3 Å². The maximum atomic E-state index is 13.6. The van der Waals surface area contributed by atoms with Crippen molar-refractivity contribution >= 4 is 35.0 Å². The van der Waals surface area contributed by atoms with Crippen molar-refractivity contribution in [3.8, 4) is 0 Å². The molecule has 0 saturated carbocycles. The van der Waals surface area contributed by atoms with Gasteiger partial charge < -0.3 is 10.6 Å². The van der Waals surface area contributed by atoms with Crippen LogP contribution in [0.1, 0.15) is 26.2 Å². The van der Waals surface area contributed by atoms with Crippen LogP contribution in [0.4, 0.5) is 28.9 Å². The molecule has 0 spiro atoms. The van der Waals surface area contributed by atoms with E-state index < -0.39 is 34.9 Å². The number of hydrogen-bond donors (Lipinski definition) is 2. The summed E-state index contributed by atoms with van der Waals surface area (Å²) in [5.74, 6) is -7.78. The van der Waals surface area contributed by atoms with E-state index in [9.17, 15) is 27.2 Å². The molecule has 0 unspecified atom stereocenters. The smallest absolute Gasteiger partial charge is 0.234 e. The van der Waals surface area contributed by atoms with Crippen LogP contribution >= 0.6 is 11.8 Å². The molecular formula is C19H18F4N2O2S. The molecule has 0 aliphatic heterocycles. The first-order valence-electron chi connectivity index (χ1n) is 8.47. The molecule has 2 N–H and O–H groups in total. The van der Waals surface area contributed by atoms with Crippen LogP contribution in [-0.4, -0.2) is 17.6 Å². The molecule has 28 heavy (non-hydrogen) atoms. The number of rotatable bonds is 8. The van der Waals surface area contributed by atoms with Gasteiger partial charge in [0.25, 0.3) is 0 Å². The van der Waals surface area contributed by atoms with Crippen LogP contribution in [0, 0.1) is 23.3 Å². The van der Waals surface area contributed by atoms with E-state index in [0.29, 0.717) is 17.0 Å². The molecule has 0 fully saturated rings. The number of amides is 2.